The predicted octanol–water partition coefficient (Wildman–Crippen LogP) is 3.81. The number of aliphatic hydroxyl groups excluding tert-OH is 1. The van der Waals surface area contributed by atoms with E-state index in [0.29, 0.717) is 10.6 Å². The lowest BCUT2D eigenvalue weighted by atomic mass is 10.0. The van der Waals surface area contributed by atoms with Crippen molar-refractivity contribution >= 4 is 29.2 Å². The van der Waals surface area contributed by atoms with Crippen LogP contribution >= 0.6 is 23.2 Å². The highest BCUT2D eigenvalue weighted by atomic mass is 35.5. The number of carbonyl (C=O) groups is 1. The Hall–Kier alpha value is -1.56. The Balaban J connectivity index is 2.39. The minimum atomic E-state index is -1.20. The van der Waals surface area contributed by atoms with Gasteiger partial charge in [0, 0.05) is 28.0 Å². The summed E-state index contributed by atoms with van der Waals surface area (Å²) in [6, 6.07) is 3.70. The van der Waals surface area contributed by atoms with E-state index in [1.54, 1.807) is 39.1 Å². The molecule has 0 saturated heterocycles. The van der Waals surface area contributed by atoms with Gasteiger partial charge in [-0.05, 0) is 32.9 Å². The Morgan fingerprint density at radius 1 is 1.35 bits per heavy atom. The van der Waals surface area contributed by atoms with Crippen LogP contribution in [0.1, 0.15) is 38.5 Å². The number of halogens is 2. The van der Waals surface area contributed by atoms with Gasteiger partial charge in [-0.3, -0.25) is 0 Å². The van der Waals surface area contributed by atoms with Gasteiger partial charge in [0.05, 0.1) is 6.33 Å². The highest BCUT2D eigenvalue weighted by molar-refractivity contribution is 6.35. The lowest BCUT2D eigenvalue weighted by molar-refractivity contribution is -0.163. The summed E-state index contributed by atoms with van der Waals surface area (Å²) >= 11 is 12.0. The van der Waals surface area contributed by atoms with Gasteiger partial charge >= 0.3 is 5.97 Å². The van der Waals surface area contributed by atoms with Crippen LogP contribution in [0.4, 0.5) is 0 Å². The van der Waals surface area contributed by atoms with E-state index < -0.39 is 23.7 Å². The van der Waals surface area contributed by atoms with Gasteiger partial charge in [0.1, 0.15) is 11.7 Å². The quantitative estimate of drug-likeness (QED) is 0.846. The maximum atomic E-state index is 12.6. The van der Waals surface area contributed by atoms with Crippen molar-refractivity contribution in [2.45, 2.75) is 38.5 Å². The molecule has 0 bridgehead atoms. The molecule has 0 aliphatic rings. The molecule has 5 nitrogen and oxygen atoms in total. The lowest BCUT2D eigenvalue weighted by Crippen LogP contribution is -2.33. The third-order valence-corrected chi connectivity index (χ3v) is 3.64. The van der Waals surface area contributed by atoms with Crippen molar-refractivity contribution in [3.63, 3.8) is 0 Å². The summed E-state index contributed by atoms with van der Waals surface area (Å²) in [5, 5.41) is 11.4. The second-order valence-electron chi connectivity index (χ2n) is 6.10. The van der Waals surface area contributed by atoms with Gasteiger partial charge in [0.15, 0.2) is 6.04 Å². The number of ether oxygens (including phenoxy) is 1. The largest absolute Gasteiger partial charge is 0.458 e. The first-order valence-electron chi connectivity index (χ1n) is 7.02. The first-order valence-corrected chi connectivity index (χ1v) is 7.78. The maximum Gasteiger partial charge on any atom is 0.332 e. The second kappa shape index (κ2) is 6.91. The van der Waals surface area contributed by atoms with Crippen LogP contribution in [0.2, 0.25) is 10.0 Å². The highest BCUT2D eigenvalue weighted by Crippen LogP contribution is 2.34. The summed E-state index contributed by atoms with van der Waals surface area (Å²) < 4.78 is 6.90. The molecule has 2 unspecified atom stereocenters. The molecular weight excluding hydrogens is 339 g/mol. The van der Waals surface area contributed by atoms with Gasteiger partial charge in [-0.2, -0.15) is 0 Å². The maximum absolute atomic E-state index is 12.6. The Morgan fingerprint density at radius 2 is 2.04 bits per heavy atom. The van der Waals surface area contributed by atoms with E-state index in [1.165, 1.54) is 23.2 Å². The van der Waals surface area contributed by atoms with E-state index in [-0.39, 0.29) is 5.02 Å². The molecule has 0 radical (unpaired) electrons. The van der Waals surface area contributed by atoms with Gasteiger partial charge in [0.25, 0.3) is 0 Å². The Bertz CT molecular complexity index is 681. The SMILES string of the molecule is CC(C)(C)OC(=O)C(C(O)c1ccc(Cl)cc1Cl)n1ccnc1. The number of esters is 1. The number of aliphatic hydroxyl groups is 1. The van der Waals surface area contributed by atoms with Gasteiger partial charge < -0.3 is 14.4 Å². The average Bonchev–Trinajstić information content (AvgIpc) is 2.90. The van der Waals surface area contributed by atoms with Crippen LogP contribution < -0.4 is 0 Å². The van der Waals surface area contributed by atoms with E-state index >= 15 is 0 Å². The highest BCUT2D eigenvalue weighted by Gasteiger charge is 2.34. The third kappa shape index (κ3) is 4.47. The predicted molar refractivity (Wildman–Crippen MR) is 88.5 cm³/mol. The molecule has 0 fully saturated rings. The molecule has 0 saturated carbocycles. The van der Waals surface area contributed by atoms with Crippen molar-refractivity contribution in [3.05, 3.63) is 52.5 Å². The minimum Gasteiger partial charge on any atom is -0.458 e. The zero-order valence-corrected chi connectivity index (χ0v) is 14.5. The molecule has 1 N–H and O–H groups in total. The fourth-order valence-corrected chi connectivity index (χ4v) is 2.64. The first kappa shape index (κ1) is 17.8. The van der Waals surface area contributed by atoms with Crippen molar-refractivity contribution in [2.75, 3.05) is 0 Å². The Kier molecular flexibility index (Phi) is 5.34. The molecule has 0 aliphatic heterocycles. The summed E-state index contributed by atoms with van der Waals surface area (Å²) in [5.41, 5.74) is -0.292. The Labute approximate surface area is 144 Å². The number of imidazole rings is 1. The number of aromatic nitrogens is 2. The summed E-state index contributed by atoms with van der Waals surface area (Å²) in [5.74, 6) is -0.575. The second-order valence-corrected chi connectivity index (χ2v) is 6.94. The lowest BCUT2D eigenvalue weighted by Gasteiger charge is -2.28. The summed E-state index contributed by atoms with van der Waals surface area (Å²) in [7, 11) is 0. The van der Waals surface area contributed by atoms with E-state index in [9.17, 15) is 9.90 Å². The van der Waals surface area contributed by atoms with Crippen molar-refractivity contribution in [2.24, 2.45) is 0 Å². The molecule has 0 spiro atoms. The summed E-state index contributed by atoms with van der Waals surface area (Å²) in [6.45, 7) is 5.28. The van der Waals surface area contributed by atoms with Crippen molar-refractivity contribution in [1.82, 2.24) is 9.55 Å². The average molecular weight is 357 g/mol. The smallest absolute Gasteiger partial charge is 0.332 e. The van der Waals surface area contributed by atoms with Crippen LogP contribution in [0.3, 0.4) is 0 Å². The summed E-state index contributed by atoms with van der Waals surface area (Å²) in [4.78, 5) is 16.5. The van der Waals surface area contributed by atoms with Crippen molar-refractivity contribution in [1.29, 1.82) is 0 Å². The van der Waals surface area contributed by atoms with Gasteiger partial charge in [-0.15, -0.1) is 0 Å². The van der Waals surface area contributed by atoms with E-state index in [2.05, 4.69) is 4.98 Å². The number of benzene rings is 1. The monoisotopic (exact) mass is 356 g/mol. The van der Waals surface area contributed by atoms with Gasteiger partial charge in [-0.1, -0.05) is 29.3 Å². The molecule has 0 aliphatic carbocycles. The van der Waals surface area contributed by atoms with Crippen LogP contribution in [0.25, 0.3) is 0 Å². The van der Waals surface area contributed by atoms with E-state index in [1.807, 2.05) is 0 Å². The number of carbonyl (C=O) groups excluding carboxylic acids is 1. The molecule has 1 aromatic carbocycles. The van der Waals surface area contributed by atoms with Crippen molar-refractivity contribution in [3.8, 4) is 0 Å². The van der Waals surface area contributed by atoms with E-state index in [4.69, 9.17) is 27.9 Å². The zero-order valence-electron chi connectivity index (χ0n) is 13.0. The number of nitrogens with zero attached hydrogens (tertiary/aromatic N) is 2. The van der Waals surface area contributed by atoms with Crippen LogP contribution in [-0.4, -0.2) is 26.2 Å². The van der Waals surface area contributed by atoms with Gasteiger partial charge in [0.2, 0.25) is 0 Å². The molecule has 2 atom stereocenters. The third-order valence-electron chi connectivity index (χ3n) is 3.07. The molecule has 0 amide bonds. The molecule has 2 rings (SSSR count). The molecule has 1 heterocycles. The molecule has 7 heteroatoms. The summed E-state index contributed by atoms with van der Waals surface area (Å²) in [6.07, 6.45) is 3.35. The zero-order chi connectivity index (χ0) is 17.2. The fourth-order valence-electron chi connectivity index (χ4n) is 2.12. The molecule has 23 heavy (non-hydrogen) atoms. The van der Waals surface area contributed by atoms with Gasteiger partial charge in [-0.25, -0.2) is 9.78 Å². The van der Waals surface area contributed by atoms with Crippen molar-refractivity contribution < 1.29 is 14.6 Å². The standard InChI is InChI=1S/C16H18Cl2N2O3/c1-16(2,3)23-15(22)13(20-7-6-19-9-20)14(21)11-5-4-10(17)8-12(11)18/h4-9,13-14,21H,1-3H3. The number of rotatable bonds is 4. The number of hydrogen-bond donors (Lipinski definition) is 1. The Morgan fingerprint density at radius 3 is 2.57 bits per heavy atom. The normalized spacial score (nSPS) is 14.3. The van der Waals surface area contributed by atoms with Crippen LogP contribution in [0.15, 0.2) is 36.9 Å². The van der Waals surface area contributed by atoms with E-state index in [0.717, 1.165) is 0 Å². The van der Waals surface area contributed by atoms with Crippen LogP contribution in [0.5, 0.6) is 0 Å². The topological polar surface area (TPSA) is 64.3 Å². The minimum absolute atomic E-state index is 0.277. The molecule has 124 valence electrons. The first-order chi connectivity index (χ1) is 10.7. The van der Waals surface area contributed by atoms with Crippen LogP contribution in [-0.2, 0) is 9.53 Å². The molecule has 2 aromatic rings. The van der Waals surface area contributed by atoms with Crippen LogP contribution in [0, 0.1) is 0 Å². The molecular formula is C16H18Cl2N2O3. The molecule has 1 aromatic heterocycles. The fraction of sp³-hybridized carbons (Fsp3) is 0.375. The number of hydrogen-bond acceptors (Lipinski definition) is 4.